The molecule has 1 aromatic heterocycles. The molecule has 4 nitrogen and oxygen atoms in total. The molecule has 1 aromatic rings. The Hall–Kier alpha value is -0.840. The predicted molar refractivity (Wildman–Crippen MR) is 73.8 cm³/mol. The van der Waals surface area contributed by atoms with E-state index in [0.29, 0.717) is 17.8 Å². The molecule has 0 radical (unpaired) electrons. The molecule has 3 N–H and O–H groups in total. The highest BCUT2D eigenvalue weighted by Crippen LogP contribution is 2.24. The lowest BCUT2D eigenvalue weighted by Crippen LogP contribution is -2.20. The maximum absolute atomic E-state index is 5.70. The monoisotopic (exact) mass is 298 g/mol. The first kappa shape index (κ1) is 12.6. The largest absolute Gasteiger partial charge is 0.383 e. The molecule has 0 bridgehead atoms. The molecule has 1 fully saturated rings. The van der Waals surface area contributed by atoms with Crippen molar-refractivity contribution in [1.82, 2.24) is 9.97 Å². The van der Waals surface area contributed by atoms with E-state index in [4.69, 9.17) is 5.73 Å². The zero-order valence-electron chi connectivity index (χ0n) is 10.1. The molecule has 0 saturated heterocycles. The van der Waals surface area contributed by atoms with Gasteiger partial charge in [-0.25, -0.2) is 4.98 Å². The Balaban J connectivity index is 1.99. The van der Waals surface area contributed by atoms with Gasteiger partial charge in [-0.1, -0.05) is 19.8 Å². The zero-order valence-corrected chi connectivity index (χ0v) is 11.7. The molecule has 1 aliphatic rings. The average Bonchev–Trinajstić information content (AvgIpc) is 2.42. The molecule has 1 aliphatic carbocycles. The van der Waals surface area contributed by atoms with E-state index in [1.807, 2.05) is 0 Å². The van der Waals surface area contributed by atoms with Crippen LogP contribution in [0.3, 0.4) is 0 Å². The Labute approximate surface area is 111 Å². The van der Waals surface area contributed by atoms with Crippen LogP contribution in [0.1, 0.15) is 39.0 Å². The number of nitrogen functional groups attached to an aromatic ring is 1. The first-order chi connectivity index (χ1) is 8.13. The van der Waals surface area contributed by atoms with Gasteiger partial charge in [0.05, 0.1) is 0 Å². The SMILES string of the molecule is CC1CCCC(Nc2nc(N)cc(Br)n2)CC1. The van der Waals surface area contributed by atoms with Crippen LogP contribution >= 0.6 is 15.9 Å². The van der Waals surface area contributed by atoms with E-state index in [-0.39, 0.29) is 0 Å². The van der Waals surface area contributed by atoms with Crippen LogP contribution < -0.4 is 11.1 Å². The fourth-order valence-electron chi connectivity index (χ4n) is 2.31. The van der Waals surface area contributed by atoms with Crippen LogP contribution in [-0.2, 0) is 0 Å². The second-order valence-electron chi connectivity index (χ2n) is 4.89. The normalized spacial score (nSPS) is 25.3. The topological polar surface area (TPSA) is 63.8 Å². The molecular formula is C12H19BrN4. The number of hydrogen-bond donors (Lipinski definition) is 2. The van der Waals surface area contributed by atoms with E-state index in [2.05, 4.69) is 38.1 Å². The predicted octanol–water partition coefficient (Wildman–Crippen LogP) is 3.20. The minimum atomic E-state index is 0.480. The third-order valence-corrected chi connectivity index (χ3v) is 3.71. The van der Waals surface area contributed by atoms with Crippen molar-refractivity contribution < 1.29 is 0 Å². The van der Waals surface area contributed by atoms with Gasteiger partial charge < -0.3 is 11.1 Å². The molecule has 17 heavy (non-hydrogen) atoms. The molecular weight excluding hydrogens is 280 g/mol. The number of halogens is 1. The first-order valence-corrected chi connectivity index (χ1v) is 6.99. The van der Waals surface area contributed by atoms with Crippen molar-refractivity contribution in [2.45, 2.75) is 45.1 Å². The Kier molecular flexibility index (Phi) is 4.20. The summed E-state index contributed by atoms with van der Waals surface area (Å²) in [6, 6.07) is 2.19. The summed E-state index contributed by atoms with van der Waals surface area (Å²) in [4.78, 5) is 8.50. The van der Waals surface area contributed by atoms with Gasteiger partial charge in [0.25, 0.3) is 0 Å². The van der Waals surface area contributed by atoms with Crippen molar-refractivity contribution in [2.24, 2.45) is 5.92 Å². The highest BCUT2D eigenvalue weighted by Gasteiger charge is 2.16. The summed E-state index contributed by atoms with van der Waals surface area (Å²) >= 11 is 3.33. The van der Waals surface area contributed by atoms with Crippen molar-refractivity contribution in [3.05, 3.63) is 10.7 Å². The summed E-state index contributed by atoms with van der Waals surface area (Å²) in [7, 11) is 0. The Morgan fingerprint density at radius 2 is 2.12 bits per heavy atom. The minimum Gasteiger partial charge on any atom is -0.383 e. The molecule has 2 rings (SSSR count). The molecule has 0 aromatic carbocycles. The van der Waals surface area contributed by atoms with Gasteiger partial charge in [-0.15, -0.1) is 0 Å². The molecule has 94 valence electrons. The number of nitrogens with two attached hydrogens (primary N) is 1. The first-order valence-electron chi connectivity index (χ1n) is 6.20. The molecule has 1 heterocycles. The quantitative estimate of drug-likeness (QED) is 0.650. The van der Waals surface area contributed by atoms with Gasteiger partial charge in [0, 0.05) is 12.1 Å². The van der Waals surface area contributed by atoms with E-state index >= 15 is 0 Å². The van der Waals surface area contributed by atoms with Crippen LogP contribution in [-0.4, -0.2) is 16.0 Å². The van der Waals surface area contributed by atoms with E-state index in [1.165, 1.54) is 32.1 Å². The van der Waals surface area contributed by atoms with Gasteiger partial charge >= 0.3 is 0 Å². The lowest BCUT2D eigenvalue weighted by molar-refractivity contribution is 0.501. The summed E-state index contributed by atoms with van der Waals surface area (Å²) in [6.07, 6.45) is 6.28. The second kappa shape index (κ2) is 5.67. The lowest BCUT2D eigenvalue weighted by Gasteiger charge is -2.16. The van der Waals surface area contributed by atoms with E-state index < -0.39 is 0 Å². The fraction of sp³-hybridized carbons (Fsp3) is 0.667. The van der Waals surface area contributed by atoms with Gasteiger partial charge in [-0.2, -0.15) is 4.98 Å². The van der Waals surface area contributed by atoms with Gasteiger partial charge in [0.1, 0.15) is 10.4 Å². The molecule has 5 heteroatoms. The Morgan fingerprint density at radius 3 is 2.88 bits per heavy atom. The van der Waals surface area contributed by atoms with Crippen molar-refractivity contribution in [2.75, 3.05) is 11.1 Å². The Bertz CT molecular complexity index is 363. The molecule has 2 atom stereocenters. The smallest absolute Gasteiger partial charge is 0.225 e. The van der Waals surface area contributed by atoms with Gasteiger partial charge in [0.15, 0.2) is 0 Å². The van der Waals surface area contributed by atoms with Crippen LogP contribution in [0.4, 0.5) is 11.8 Å². The van der Waals surface area contributed by atoms with Gasteiger partial charge in [-0.05, 0) is 41.1 Å². The van der Waals surface area contributed by atoms with E-state index in [1.54, 1.807) is 6.07 Å². The van der Waals surface area contributed by atoms with E-state index in [9.17, 15) is 0 Å². The molecule has 1 saturated carbocycles. The Morgan fingerprint density at radius 1 is 1.29 bits per heavy atom. The summed E-state index contributed by atoms with van der Waals surface area (Å²) < 4.78 is 0.731. The van der Waals surface area contributed by atoms with Crippen molar-refractivity contribution >= 4 is 27.7 Å². The summed E-state index contributed by atoms with van der Waals surface area (Å²) in [5.74, 6) is 1.98. The van der Waals surface area contributed by atoms with Crippen molar-refractivity contribution in [3.8, 4) is 0 Å². The van der Waals surface area contributed by atoms with Crippen molar-refractivity contribution in [1.29, 1.82) is 0 Å². The third-order valence-electron chi connectivity index (χ3n) is 3.31. The third kappa shape index (κ3) is 3.84. The van der Waals surface area contributed by atoms with Crippen molar-refractivity contribution in [3.63, 3.8) is 0 Å². The molecule has 2 unspecified atom stereocenters. The maximum Gasteiger partial charge on any atom is 0.225 e. The lowest BCUT2D eigenvalue weighted by atomic mass is 10.0. The maximum atomic E-state index is 5.70. The molecule has 0 aliphatic heterocycles. The molecule has 0 amide bonds. The highest BCUT2D eigenvalue weighted by molar-refractivity contribution is 9.10. The number of nitrogens with zero attached hydrogens (tertiary/aromatic N) is 2. The number of nitrogens with one attached hydrogen (secondary N) is 1. The fourth-order valence-corrected chi connectivity index (χ4v) is 2.72. The number of hydrogen-bond acceptors (Lipinski definition) is 4. The average molecular weight is 299 g/mol. The summed E-state index contributed by atoms with van der Waals surface area (Å²) in [5.41, 5.74) is 5.70. The number of aromatic nitrogens is 2. The number of anilines is 2. The van der Waals surface area contributed by atoms with Crippen LogP contribution in [0.15, 0.2) is 10.7 Å². The standard InChI is InChI=1S/C12H19BrN4/c1-8-3-2-4-9(6-5-8)15-12-16-10(13)7-11(14)17-12/h7-9H,2-6H2,1H3,(H3,14,15,16,17). The number of rotatable bonds is 2. The van der Waals surface area contributed by atoms with Gasteiger partial charge in [0.2, 0.25) is 5.95 Å². The summed E-state index contributed by atoms with van der Waals surface area (Å²) in [5, 5.41) is 3.39. The second-order valence-corrected chi connectivity index (χ2v) is 5.71. The van der Waals surface area contributed by atoms with Crippen LogP contribution in [0.2, 0.25) is 0 Å². The zero-order chi connectivity index (χ0) is 12.3. The van der Waals surface area contributed by atoms with E-state index in [0.717, 1.165) is 10.5 Å². The van der Waals surface area contributed by atoms with Crippen LogP contribution in [0.25, 0.3) is 0 Å². The van der Waals surface area contributed by atoms with Crippen LogP contribution in [0, 0.1) is 5.92 Å². The van der Waals surface area contributed by atoms with Gasteiger partial charge in [-0.3, -0.25) is 0 Å². The molecule has 0 spiro atoms. The minimum absolute atomic E-state index is 0.480. The summed E-state index contributed by atoms with van der Waals surface area (Å²) in [6.45, 7) is 2.33. The highest BCUT2D eigenvalue weighted by atomic mass is 79.9. The van der Waals surface area contributed by atoms with Crippen LogP contribution in [0.5, 0.6) is 0 Å².